The van der Waals surface area contributed by atoms with Crippen molar-refractivity contribution < 1.29 is 0 Å². The van der Waals surface area contributed by atoms with Crippen LogP contribution in [0.5, 0.6) is 0 Å². The largest absolute Gasteiger partial charge is 0.374 e. The van der Waals surface area contributed by atoms with Crippen LogP contribution in [0.15, 0.2) is 18.3 Å². The molecule has 0 amide bonds. The average molecular weight is 259 g/mol. The molecule has 3 heteroatoms. The summed E-state index contributed by atoms with van der Waals surface area (Å²) in [6.07, 6.45) is 7.83. The maximum Gasteiger partial charge on any atom is 0.127 e. The topological polar surface area (TPSA) is 28.2 Å². The lowest BCUT2D eigenvalue weighted by atomic mass is 9.88. The van der Waals surface area contributed by atoms with E-state index in [9.17, 15) is 0 Å². The highest BCUT2D eigenvalue weighted by atomic mass is 15.1. The maximum absolute atomic E-state index is 4.34. The second kappa shape index (κ2) is 5.40. The first-order valence-corrected chi connectivity index (χ1v) is 7.67. The Labute approximate surface area is 116 Å². The van der Waals surface area contributed by atoms with Crippen molar-refractivity contribution in [3.63, 3.8) is 0 Å². The molecule has 104 valence electrons. The van der Waals surface area contributed by atoms with Crippen LogP contribution in [0.4, 0.5) is 11.5 Å². The van der Waals surface area contributed by atoms with Gasteiger partial charge in [0.1, 0.15) is 5.82 Å². The normalized spacial score (nSPS) is 28.6. The van der Waals surface area contributed by atoms with Gasteiger partial charge in [0.05, 0.1) is 0 Å². The lowest BCUT2D eigenvalue weighted by Gasteiger charge is -2.28. The average Bonchev–Trinajstić information content (AvgIpc) is 3.02. The summed E-state index contributed by atoms with van der Waals surface area (Å²) in [5.74, 6) is 3.94. The van der Waals surface area contributed by atoms with Gasteiger partial charge in [0, 0.05) is 38.1 Å². The van der Waals surface area contributed by atoms with Gasteiger partial charge in [-0.25, -0.2) is 4.98 Å². The molecule has 0 saturated heterocycles. The van der Waals surface area contributed by atoms with Crippen molar-refractivity contribution >= 4 is 11.5 Å². The fraction of sp³-hybridized carbons (Fsp3) is 0.688. The van der Waals surface area contributed by atoms with Gasteiger partial charge < -0.3 is 10.2 Å². The Bertz CT molecular complexity index is 432. The van der Waals surface area contributed by atoms with Crippen LogP contribution in [-0.2, 0) is 0 Å². The molecule has 3 atom stereocenters. The fourth-order valence-corrected chi connectivity index (χ4v) is 3.99. The summed E-state index contributed by atoms with van der Waals surface area (Å²) in [4.78, 5) is 6.75. The standard InChI is InChI=1S/C16H25N3/c1-3-17-16-10-15(6-7-18-16)19(2)11-14-9-12-4-5-13(14)8-12/h6-7,10,12-14H,3-5,8-9,11H2,1-2H3,(H,17,18). The second-order valence-corrected chi connectivity index (χ2v) is 6.25. The Balaban J connectivity index is 1.63. The van der Waals surface area contributed by atoms with Gasteiger partial charge in [0.25, 0.3) is 0 Å². The molecule has 1 heterocycles. The minimum absolute atomic E-state index is 0.916. The molecule has 0 aromatic carbocycles. The SMILES string of the molecule is CCNc1cc(N(C)CC2CC3CCC2C3)ccn1. The van der Waals surface area contributed by atoms with E-state index in [1.165, 1.54) is 37.9 Å². The molecule has 19 heavy (non-hydrogen) atoms. The Hall–Kier alpha value is -1.25. The van der Waals surface area contributed by atoms with E-state index in [1.807, 2.05) is 6.20 Å². The summed E-state index contributed by atoms with van der Waals surface area (Å²) < 4.78 is 0. The Morgan fingerprint density at radius 3 is 2.95 bits per heavy atom. The molecule has 1 aromatic rings. The van der Waals surface area contributed by atoms with Gasteiger partial charge in [-0.15, -0.1) is 0 Å². The molecule has 2 bridgehead atoms. The van der Waals surface area contributed by atoms with Crippen molar-refractivity contribution in [2.45, 2.75) is 32.6 Å². The van der Waals surface area contributed by atoms with Gasteiger partial charge in [0.15, 0.2) is 0 Å². The minimum atomic E-state index is 0.916. The molecule has 2 aliphatic rings. The van der Waals surface area contributed by atoms with Crippen LogP contribution in [0, 0.1) is 17.8 Å². The van der Waals surface area contributed by atoms with Crippen molar-refractivity contribution in [1.29, 1.82) is 0 Å². The van der Waals surface area contributed by atoms with Gasteiger partial charge in [-0.2, -0.15) is 0 Å². The third kappa shape index (κ3) is 2.70. The minimum Gasteiger partial charge on any atom is -0.374 e. The number of hydrogen-bond acceptors (Lipinski definition) is 3. The number of hydrogen-bond donors (Lipinski definition) is 1. The number of nitrogens with zero attached hydrogens (tertiary/aromatic N) is 2. The lowest BCUT2D eigenvalue weighted by molar-refractivity contribution is 0.337. The lowest BCUT2D eigenvalue weighted by Crippen LogP contribution is -2.28. The summed E-state index contributed by atoms with van der Waals surface area (Å²) in [7, 11) is 2.22. The van der Waals surface area contributed by atoms with Crippen molar-refractivity contribution in [2.75, 3.05) is 30.4 Å². The summed E-state index contributed by atoms with van der Waals surface area (Å²) in [5, 5.41) is 3.29. The molecule has 1 aromatic heterocycles. The third-order valence-corrected chi connectivity index (χ3v) is 4.94. The number of pyridine rings is 1. The highest BCUT2D eigenvalue weighted by Gasteiger charge is 2.39. The first-order chi connectivity index (χ1) is 9.26. The summed E-state index contributed by atoms with van der Waals surface area (Å²) in [5.41, 5.74) is 1.29. The number of nitrogens with one attached hydrogen (secondary N) is 1. The third-order valence-electron chi connectivity index (χ3n) is 4.94. The van der Waals surface area contributed by atoms with E-state index < -0.39 is 0 Å². The van der Waals surface area contributed by atoms with Gasteiger partial charge in [0.2, 0.25) is 0 Å². The first-order valence-electron chi connectivity index (χ1n) is 7.67. The van der Waals surface area contributed by atoms with Gasteiger partial charge in [-0.05, 0) is 50.0 Å². The van der Waals surface area contributed by atoms with Crippen LogP contribution in [0.1, 0.15) is 32.6 Å². The number of rotatable bonds is 5. The first kappa shape index (κ1) is 12.8. The quantitative estimate of drug-likeness (QED) is 0.878. The molecule has 2 saturated carbocycles. The fourth-order valence-electron chi connectivity index (χ4n) is 3.99. The molecular formula is C16H25N3. The van der Waals surface area contributed by atoms with E-state index in [1.54, 1.807) is 0 Å². The predicted molar refractivity (Wildman–Crippen MR) is 80.6 cm³/mol. The van der Waals surface area contributed by atoms with Crippen molar-refractivity contribution in [3.05, 3.63) is 18.3 Å². The van der Waals surface area contributed by atoms with Crippen LogP contribution in [0.25, 0.3) is 0 Å². The van der Waals surface area contributed by atoms with E-state index >= 15 is 0 Å². The molecule has 3 unspecified atom stereocenters. The summed E-state index contributed by atoms with van der Waals surface area (Å²) >= 11 is 0. The molecule has 0 aliphatic heterocycles. The Kier molecular flexibility index (Phi) is 3.63. The van der Waals surface area contributed by atoms with Gasteiger partial charge >= 0.3 is 0 Å². The Morgan fingerprint density at radius 1 is 1.37 bits per heavy atom. The maximum atomic E-state index is 4.34. The second-order valence-electron chi connectivity index (χ2n) is 6.25. The molecule has 0 radical (unpaired) electrons. The molecule has 2 aliphatic carbocycles. The number of aromatic nitrogens is 1. The zero-order chi connectivity index (χ0) is 13.2. The van der Waals surface area contributed by atoms with E-state index in [4.69, 9.17) is 0 Å². The highest BCUT2D eigenvalue weighted by molar-refractivity contribution is 5.53. The smallest absolute Gasteiger partial charge is 0.127 e. The van der Waals surface area contributed by atoms with Crippen LogP contribution < -0.4 is 10.2 Å². The number of fused-ring (bicyclic) bond motifs is 2. The van der Waals surface area contributed by atoms with E-state index in [0.717, 1.165) is 30.1 Å². The monoisotopic (exact) mass is 259 g/mol. The molecule has 1 N–H and O–H groups in total. The predicted octanol–water partition coefficient (Wildman–Crippen LogP) is 3.39. The molecule has 3 nitrogen and oxygen atoms in total. The molecule has 3 rings (SSSR count). The highest BCUT2D eigenvalue weighted by Crippen LogP contribution is 2.48. The molecule has 2 fully saturated rings. The van der Waals surface area contributed by atoms with Gasteiger partial charge in [-0.3, -0.25) is 0 Å². The van der Waals surface area contributed by atoms with Crippen molar-refractivity contribution in [1.82, 2.24) is 4.98 Å². The van der Waals surface area contributed by atoms with E-state index in [-0.39, 0.29) is 0 Å². The zero-order valence-electron chi connectivity index (χ0n) is 12.1. The van der Waals surface area contributed by atoms with Crippen LogP contribution in [0.3, 0.4) is 0 Å². The van der Waals surface area contributed by atoms with Crippen molar-refractivity contribution in [3.8, 4) is 0 Å². The van der Waals surface area contributed by atoms with E-state index in [2.05, 4.69) is 41.3 Å². The van der Waals surface area contributed by atoms with Crippen molar-refractivity contribution in [2.24, 2.45) is 17.8 Å². The van der Waals surface area contributed by atoms with Crippen LogP contribution in [-0.4, -0.2) is 25.1 Å². The summed E-state index contributed by atoms with van der Waals surface area (Å²) in [6, 6.07) is 4.28. The summed E-state index contributed by atoms with van der Waals surface area (Å²) in [6.45, 7) is 4.23. The Morgan fingerprint density at radius 2 is 2.26 bits per heavy atom. The van der Waals surface area contributed by atoms with E-state index in [0.29, 0.717) is 0 Å². The van der Waals surface area contributed by atoms with Crippen LogP contribution in [0.2, 0.25) is 0 Å². The van der Waals surface area contributed by atoms with Crippen LogP contribution >= 0.6 is 0 Å². The molecule has 0 spiro atoms. The molecular weight excluding hydrogens is 234 g/mol. The number of anilines is 2. The zero-order valence-corrected chi connectivity index (χ0v) is 12.1. The van der Waals surface area contributed by atoms with Gasteiger partial charge in [-0.1, -0.05) is 6.42 Å².